The van der Waals surface area contributed by atoms with Crippen LogP contribution in [0, 0.1) is 0 Å². The summed E-state index contributed by atoms with van der Waals surface area (Å²) in [6, 6.07) is 24.7. The maximum absolute atomic E-state index is 12.4. The third-order valence-electron chi connectivity index (χ3n) is 4.65. The molecule has 1 amide bonds. The molecular formula is C26H28ClNO4. The maximum Gasteiger partial charge on any atom is 0.242 e. The fourth-order valence-corrected chi connectivity index (χ4v) is 3.20. The maximum atomic E-state index is 12.4. The number of alkyl halides is 1. The average Bonchev–Trinajstić information content (AvgIpc) is 2.84. The highest BCUT2D eigenvalue weighted by molar-refractivity contribution is 6.29. The van der Waals surface area contributed by atoms with Crippen LogP contribution in [0.25, 0.3) is 0 Å². The molecule has 0 heterocycles. The van der Waals surface area contributed by atoms with Gasteiger partial charge in [-0.25, -0.2) is 0 Å². The molecule has 6 heteroatoms. The lowest BCUT2D eigenvalue weighted by atomic mass is 10.2. The summed E-state index contributed by atoms with van der Waals surface area (Å²) in [4.78, 5) is 14.1. The van der Waals surface area contributed by atoms with E-state index in [-0.39, 0.29) is 11.8 Å². The Labute approximate surface area is 194 Å². The van der Waals surface area contributed by atoms with Crippen molar-refractivity contribution in [3.8, 4) is 17.2 Å². The zero-order valence-corrected chi connectivity index (χ0v) is 19.0. The third-order valence-corrected chi connectivity index (χ3v) is 4.88. The van der Waals surface area contributed by atoms with Crippen molar-refractivity contribution in [1.29, 1.82) is 0 Å². The van der Waals surface area contributed by atoms with Crippen LogP contribution >= 0.6 is 11.6 Å². The third kappa shape index (κ3) is 7.29. The molecule has 0 aliphatic rings. The van der Waals surface area contributed by atoms with Gasteiger partial charge in [-0.2, -0.15) is 0 Å². The van der Waals surface area contributed by atoms with Crippen LogP contribution in [0.2, 0.25) is 0 Å². The van der Waals surface area contributed by atoms with Gasteiger partial charge in [-0.05, 0) is 60.5 Å². The molecule has 0 fully saturated rings. The fourth-order valence-electron chi connectivity index (χ4n) is 3.06. The Morgan fingerprint density at radius 3 is 2.06 bits per heavy atom. The summed E-state index contributed by atoms with van der Waals surface area (Å²) in [6.07, 6.45) is 1.00. The second-order valence-electron chi connectivity index (χ2n) is 7.13. The molecule has 0 aromatic heterocycles. The Morgan fingerprint density at radius 2 is 1.44 bits per heavy atom. The molecule has 0 aliphatic carbocycles. The molecule has 0 bridgehead atoms. The first-order valence-electron chi connectivity index (χ1n) is 10.7. The van der Waals surface area contributed by atoms with Crippen molar-refractivity contribution in [2.24, 2.45) is 0 Å². The number of rotatable bonds is 12. The number of anilines is 1. The summed E-state index contributed by atoms with van der Waals surface area (Å²) in [5.74, 6) is 1.91. The zero-order chi connectivity index (χ0) is 22.6. The number of ether oxygens (including phenoxy) is 3. The first-order valence-corrected chi connectivity index (χ1v) is 11.2. The Hall–Kier alpha value is -3.02. The second-order valence-corrected chi connectivity index (χ2v) is 7.39. The highest BCUT2D eigenvalue weighted by Crippen LogP contribution is 2.27. The number of carbonyl (C=O) groups excluding carboxylic acids is 1. The van der Waals surface area contributed by atoms with Crippen molar-refractivity contribution in [3.05, 3.63) is 84.4 Å². The number of halogens is 1. The molecule has 3 rings (SSSR count). The van der Waals surface area contributed by atoms with E-state index in [1.165, 1.54) is 0 Å². The van der Waals surface area contributed by atoms with Gasteiger partial charge in [-0.15, -0.1) is 11.6 Å². The minimum atomic E-state index is -0.153. The highest BCUT2D eigenvalue weighted by atomic mass is 35.5. The van der Waals surface area contributed by atoms with Crippen LogP contribution in [0.3, 0.4) is 0 Å². The van der Waals surface area contributed by atoms with Gasteiger partial charge in [0.1, 0.15) is 29.7 Å². The lowest BCUT2D eigenvalue weighted by molar-refractivity contribution is -0.116. The Kier molecular flexibility index (Phi) is 9.41. The van der Waals surface area contributed by atoms with E-state index in [0.717, 1.165) is 30.0 Å². The summed E-state index contributed by atoms with van der Waals surface area (Å²) < 4.78 is 17.0. The summed E-state index contributed by atoms with van der Waals surface area (Å²) in [5.41, 5.74) is 1.80. The largest absolute Gasteiger partial charge is 0.491 e. The molecule has 0 spiro atoms. The summed E-state index contributed by atoms with van der Waals surface area (Å²) in [6.45, 7) is 4.37. The normalized spacial score (nSPS) is 10.6. The van der Waals surface area contributed by atoms with Gasteiger partial charge in [0.05, 0.1) is 13.2 Å². The smallest absolute Gasteiger partial charge is 0.242 e. The summed E-state index contributed by atoms with van der Waals surface area (Å²) in [5, 5.41) is 0. The van der Waals surface area contributed by atoms with Gasteiger partial charge in [0.25, 0.3) is 0 Å². The van der Waals surface area contributed by atoms with E-state index in [4.69, 9.17) is 25.8 Å². The van der Waals surface area contributed by atoms with Crippen LogP contribution < -0.4 is 14.4 Å². The first kappa shape index (κ1) is 23.6. The first-order chi connectivity index (χ1) is 15.7. The molecule has 0 atom stereocenters. The topological polar surface area (TPSA) is 48.0 Å². The van der Waals surface area contributed by atoms with Gasteiger partial charge in [0.2, 0.25) is 5.91 Å². The predicted octanol–water partition coefficient (Wildman–Crippen LogP) is 6.06. The van der Waals surface area contributed by atoms with E-state index >= 15 is 0 Å². The molecule has 0 saturated heterocycles. The van der Waals surface area contributed by atoms with Gasteiger partial charge < -0.3 is 19.1 Å². The number of nitrogens with zero attached hydrogens (tertiary/aromatic N) is 1. The molecule has 0 N–H and O–H groups in total. The van der Waals surface area contributed by atoms with Gasteiger partial charge in [-0.1, -0.05) is 37.3 Å². The Balaban J connectivity index is 1.58. The number of hydrogen-bond donors (Lipinski definition) is 0. The van der Waals surface area contributed by atoms with Crippen molar-refractivity contribution >= 4 is 23.2 Å². The molecule has 5 nitrogen and oxygen atoms in total. The van der Waals surface area contributed by atoms with Gasteiger partial charge >= 0.3 is 0 Å². The SMILES string of the molecule is CCCOCCOc1ccc(Oc2ccc(N(Cc3ccccc3)C(=O)CCl)cc2)cc1. The molecule has 3 aromatic carbocycles. The molecule has 0 radical (unpaired) electrons. The van der Waals surface area contributed by atoms with Crippen molar-refractivity contribution in [2.45, 2.75) is 19.9 Å². The van der Waals surface area contributed by atoms with Crippen molar-refractivity contribution in [2.75, 3.05) is 30.6 Å². The molecular weight excluding hydrogens is 426 g/mol. The molecule has 0 unspecified atom stereocenters. The van der Waals surface area contributed by atoms with Gasteiger partial charge in [0, 0.05) is 12.3 Å². The Morgan fingerprint density at radius 1 is 0.812 bits per heavy atom. The predicted molar refractivity (Wildman–Crippen MR) is 128 cm³/mol. The molecule has 3 aromatic rings. The molecule has 0 aliphatic heterocycles. The van der Waals surface area contributed by atoms with E-state index in [1.54, 1.807) is 4.90 Å². The highest BCUT2D eigenvalue weighted by Gasteiger charge is 2.15. The quantitative estimate of drug-likeness (QED) is 0.247. The lowest BCUT2D eigenvalue weighted by Crippen LogP contribution is -2.31. The van der Waals surface area contributed by atoms with Crippen molar-refractivity contribution in [3.63, 3.8) is 0 Å². The zero-order valence-electron chi connectivity index (χ0n) is 18.2. The summed E-state index contributed by atoms with van der Waals surface area (Å²) in [7, 11) is 0. The number of benzene rings is 3. The van der Waals surface area contributed by atoms with E-state index < -0.39 is 0 Å². The van der Waals surface area contributed by atoms with Gasteiger partial charge in [0.15, 0.2) is 0 Å². The van der Waals surface area contributed by atoms with Crippen LogP contribution in [0.5, 0.6) is 17.2 Å². The molecule has 0 saturated carbocycles. The minimum Gasteiger partial charge on any atom is -0.491 e. The minimum absolute atomic E-state index is 0.0791. The van der Waals surface area contributed by atoms with Crippen LogP contribution in [0.15, 0.2) is 78.9 Å². The molecule has 32 heavy (non-hydrogen) atoms. The summed E-state index contributed by atoms with van der Waals surface area (Å²) >= 11 is 5.84. The molecule has 168 valence electrons. The van der Waals surface area contributed by atoms with E-state index in [1.807, 2.05) is 78.9 Å². The van der Waals surface area contributed by atoms with Crippen LogP contribution in [-0.2, 0) is 16.1 Å². The monoisotopic (exact) mass is 453 g/mol. The van der Waals surface area contributed by atoms with Crippen LogP contribution in [0.1, 0.15) is 18.9 Å². The van der Waals surface area contributed by atoms with E-state index in [9.17, 15) is 4.79 Å². The second kappa shape index (κ2) is 12.7. The van der Waals surface area contributed by atoms with Gasteiger partial charge in [-0.3, -0.25) is 4.79 Å². The van der Waals surface area contributed by atoms with Crippen LogP contribution in [0.4, 0.5) is 5.69 Å². The number of carbonyl (C=O) groups is 1. The van der Waals surface area contributed by atoms with E-state index in [2.05, 4.69) is 6.92 Å². The Bertz CT molecular complexity index is 946. The van der Waals surface area contributed by atoms with Crippen molar-refractivity contribution in [1.82, 2.24) is 0 Å². The number of amides is 1. The average molecular weight is 454 g/mol. The standard InChI is InChI=1S/C26H28ClNO4/c1-2-16-30-17-18-31-23-12-14-25(15-13-23)32-24-10-8-22(9-11-24)28(26(29)19-27)20-21-6-4-3-5-7-21/h3-15H,2,16-20H2,1H3. The van der Waals surface area contributed by atoms with Crippen LogP contribution in [-0.4, -0.2) is 31.6 Å². The lowest BCUT2D eigenvalue weighted by Gasteiger charge is -2.22. The van der Waals surface area contributed by atoms with Crippen molar-refractivity contribution < 1.29 is 19.0 Å². The fraction of sp³-hybridized carbons (Fsp3) is 0.269. The number of hydrogen-bond acceptors (Lipinski definition) is 4. The van der Waals surface area contributed by atoms with E-state index in [0.29, 0.717) is 31.3 Å².